The van der Waals surface area contributed by atoms with Crippen LogP contribution >= 0.6 is 39.1 Å². The number of aliphatic hydroxyl groups excluding tert-OH is 1. The van der Waals surface area contributed by atoms with E-state index < -0.39 is 0 Å². The van der Waals surface area contributed by atoms with Gasteiger partial charge in [-0.05, 0) is 11.6 Å². The van der Waals surface area contributed by atoms with E-state index in [-0.39, 0.29) is 6.61 Å². The van der Waals surface area contributed by atoms with Crippen molar-refractivity contribution in [3.63, 3.8) is 0 Å². The summed E-state index contributed by atoms with van der Waals surface area (Å²) in [5.74, 6) is 0. The number of benzene rings is 1. The van der Waals surface area contributed by atoms with Crippen molar-refractivity contribution in [3.8, 4) is 0 Å². The molecule has 0 radical (unpaired) electrons. The summed E-state index contributed by atoms with van der Waals surface area (Å²) in [6.45, 7) is -0.0595. The highest BCUT2D eigenvalue weighted by Crippen LogP contribution is 2.29. The Kier molecular flexibility index (Phi) is 3.84. The minimum Gasteiger partial charge on any atom is -0.392 e. The molecule has 0 saturated carbocycles. The molecule has 0 spiro atoms. The summed E-state index contributed by atoms with van der Waals surface area (Å²) in [5.41, 5.74) is 1.53. The van der Waals surface area contributed by atoms with Gasteiger partial charge in [-0.25, -0.2) is 0 Å². The van der Waals surface area contributed by atoms with Gasteiger partial charge in [0.1, 0.15) is 0 Å². The first-order valence-electron chi connectivity index (χ1n) is 3.33. The van der Waals surface area contributed by atoms with E-state index >= 15 is 0 Å². The van der Waals surface area contributed by atoms with Gasteiger partial charge in [-0.3, -0.25) is 0 Å². The Labute approximate surface area is 89.4 Å². The van der Waals surface area contributed by atoms with E-state index in [0.717, 1.165) is 5.56 Å². The lowest BCUT2D eigenvalue weighted by molar-refractivity contribution is 0.282. The fourth-order valence-corrected chi connectivity index (χ4v) is 2.36. The van der Waals surface area contributed by atoms with E-state index in [1.54, 1.807) is 12.1 Å². The summed E-state index contributed by atoms with van der Waals surface area (Å²) in [5, 5.41) is 10.6. The van der Waals surface area contributed by atoms with Gasteiger partial charge in [0.15, 0.2) is 0 Å². The van der Waals surface area contributed by atoms with Crippen LogP contribution in [-0.4, -0.2) is 5.11 Å². The average molecular weight is 270 g/mol. The second kappa shape index (κ2) is 4.47. The Bertz CT molecular complexity index is 289. The van der Waals surface area contributed by atoms with Gasteiger partial charge in [0.05, 0.1) is 11.6 Å². The quantitative estimate of drug-likeness (QED) is 0.817. The monoisotopic (exact) mass is 268 g/mol. The fourth-order valence-electron chi connectivity index (χ4n) is 0.891. The van der Waals surface area contributed by atoms with Crippen molar-refractivity contribution in [3.05, 3.63) is 33.3 Å². The Balaban J connectivity index is 3.24. The molecule has 1 rings (SSSR count). The van der Waals surface area contributed by atoms with E-state index in [2.05, 4.69) is 15.9 Å². The summed E-state index contributed by atoms with van der Waals surface area (Å²) >= 11 is 15.1. The molecule has 0 heterocycles. The molecule has 0 fully saturated rings. The maximum absolute atomic E-state index is 8.89. The van der Waals surface area contributed by atoms with Crippen molar-refractivity contribution in [2.75, 3.05) is 0 Å². The molecule has 0 aliphatic rings. The smallest absolute Gasteiger partial charge is 0.0696 e. The summed E-state index contributed by atoms with van der Waals surface area (Å²) in [6, 6.07) is 3.45. The topological polar surface area (TPSA) is 20.2 Å². The molecule has 1 aromatic rings. The van der Waals surface area contributed by atoms with Gasteiger partial charge in [-0.2, -0.15) is 0 Å². The van der Waals surface area contributed by atoms with Crippen molar-refractivity contribution in [1.29, 1.82) is 0 Å². The van der Waals surface area contributed by atoms with E-state index in [1.807, 2.05) is 0 Å². The molecule has 0 aliphatic carbocycles. The SMILES string of the molecule is OCc1ccc(Cl)c(CBr)c1Cl. The maximum atomic E-state index is 8.89. The summed E-state index contributed by atoms with van der Waals surface area (Å²) in [4.78, 5) is 0. The van der Waals surface area contributed by atoms with E-state index in [0.29, 0.717) is 20.9 Å². The number of hydrogen-bond donors (Lipinski definition) is 1. The number of halogens is 3. The minimum absolute atomic E-state index is 0.0595. The molecular weight excluding hydrogens is 263 g/mol. The standard InChI is InChI=1S/C8H7BrCl2O/c9-3-6-7(10)2-1-5(4-12)8(6)11/h1-2,12H,3-4H2. The zero-order valence-electron chi connectivity index (χ0n) is 6.15. The van der Waals surface area contributed by atoms with Crippen LogP contribution in [-0.2, 0) is 11.9 Å². The first-order chi connectivity index (χ1) is 5.70. The first kappa shape index (κ1) is 10.3. The summed E-state index contributed by atoms with van der Waals surface area (Å²) < 4.78 is 0. The summed E-state index contributed by atoms with van der Waals surface area (Å²) in [7, 11) is 0. The lowest BCUT2D eigenvalue weighted by Gasteiger charge is -2.06. The van der Waals surface area contributed by atoms with Gasteiger partial charge in [0.25, 0.3) is 0 Å². The first-order valence-corrected chi connectivity index (χ1v) is 5.21. The van der Waals surface area contributed by atoms with Crippen LogP contribution in [0.25, 0.3) is 0 Å². The molecule has 0 amide bonds. The van der Waals surface area contributed by atoms with Crippen molar-refractivity contribution in [2.45, 2.75) is 11.9 Å². The molecule has 0 unspecified atom stereocenters. The highest BCUT2D eigenvalue weighted by Gasteiger charge is 2.08. The van der Waals surface area contributed by atoms with Gasteiger partial charge in [0.2, 0.25) is 0 Å². The third kappa shape index (κ3) is 1.94. The van der Waals surface area contributed by atoms with Crippen LogP contribution in [0.2, 0.25) is 10.0 Å². The van der Waals surface area contributed by atoms with Crippen molar-refractivity contribution >= 4 is 39.1 Å². The molecule has 0 saturated heterocycles. The number of aliphatic hydroxyl groups is 1. The van der Waals surface area contributed by atoms with Crippen LogP contribution in [0.3, 0.4) is 0 Å². The third-order valence-corrected chi connectivity index (χ3v) is 2.96. The largest absolute Gasteiger partial charge is 0.392 e. The van der Waals surface area contributed by atoms with Crippen LogP contribution < -0.4 is 0 Å². The molecule has 66 valence electrons. The van der Waals surface area contributed by atoms with Crippen LogP contribution in [0.4, 0.5) is 0 Å². The lowest BCUT2D eigenvalue weighted by Crippen LogP contribution is -1.90. The van der Waals surface area contributed by atoms with E-state index in [1.165, 1.54) is 0 Å². The second-order valence-corrected chi connectivity index (χ2v) is 3.64. The van der Waals surface area contributed by atoms with Gasteiger partial charge in [-0.15, -0.1) is 0 Å². The van der Waals surface area contributed by atoms with Crippen LogP contribution in [0.1, 0.15) is 11.1 Å². The van der Waals surface area contributed by atoms with Gasteiger partial charge in [0, 0.05) is 15.9 Å². The van der Waals surface area contributed by atoms with Crippen molar-refractivity contribution in [1.82, 2.24) is 0 Å². The molecule has 4 heteroatoms. The summed E-state index contributed by atoms with van der Waals surface area (Å²) in [6.07, 6.45) is 0. The van der Waals surface area contributed by atoms with Gasteiger partial charge >= 0.3 is 0 Å². The Morgan fingerprint density at radius 1 is 1.33 bits per heavy atom. The Hall–Kier alpha value is 0.240. The van der Waals surface area contributed by atoms with Crippen LogP contribution in [0, 0.1) is 0 Å². The third-order valence-electron chi connectivity index (χ3n) is 1.57. The van der Waals surface area contributed by atoms with Crippen molar-refractivity contribution in [2.24, 2.45) is 0 Å². The normalized spacial score (nSPS) is 10.3. The molecule has 12 heavy (non-hydrogen) atoms. The Morgan fingerprint density at radius 2 is 2.00 bits per heavy atom. The van der Waals surface area contributed by atoms with E-state index in [4.69, 9.17) is 28.3 Å². The zero-order chi connectivity index (χ0) is 9.14. The number of rotatable bonds is 2. The minimum atomic E-state index is -0.0595. The molecule has 0 aromatic heterocycles. The molecule has 0 atom stereocenters. The number of alkyl halides is 1. The van der Waals surface area contributed by atoms with Gasteiger partial charge < -0.3 is 5.11 Å². The molecule has 1 N–H and O–H groups in total. The van der Waals surface area contributed by atoms with Crippen LogP contribution in [0.5, 0.6) is 0 Å². The second-order valence-electron chi connectivity index (χ2n) is 2.29. The molecule has 1 nitrogen and oxygen atoms in total. The highest BCUT2D eigenvalue weighted by atomic mass is 79.9. The Morgan fingerprint density at radius 3 is 2.50 bits per heavy atom. The number of hydrogen-bond acceptors (Lipinski definition) is 1. The maximum Gasteiger partial charge on any atom is 0.0696 e. The molecular formula is C8H7BrCl2O. The average Bonchev–Trinajstić information content (AvgIpc) is 2.06. The predicted octanol–water partition coefficient (Wildman–Crippen LogP) is 3.38. The lowest BCUT2D eigenvalue weighted by atomic mass is 10.1. The molecule has 1 aromatic carbocycles. The van der Waals surface area contributed by atoms with E-state index in [9.17, 15) is 0 Å². The molecule has 0 aliphatic heterocycles. The fraction of sp³-hybridized carbons (Fsp3) is 0.250. The highest BCUT2D eigenvalue weighted by molar-refractivity contribution is 9.08. The van der Waals surface area contributed by atoms with Crippen molar-refractivity contribution < 1.29 is 5.11 Å². The predicted molar refractivity (Wildman–Crippen MR) is 55.0 cm³/mol. The molecule has 0 bridgehead atoms. The van der Waals surface area contributed by atoms with Crippen LogP contribution in [0.15, 0.2) is 12.1 Å². The van der Waals surface area contributed by atoms with Gasteiger partial charge in [-0.1, -0.05) is 45.2 Å². The zero-order valence-corrected chi connectivity index (χ0v) is 9.25.